The van der Waals surface area contributed by atoms with E-state index in [2.05, 4.69) is 15.2 Å². The van der Waals surface area contributed by atoms with Crippen LogP contribution in [0.3, 0.4) is 0 Å². The van der Waals surface area contributed by atoms with Gasteiger partial charge in [0.2, 0.25) is 5.91 Å². The Morgan fingerprint density at radius 2 is 2.00 bits per heavy atom. The lowest BCUT2D eigenvalue weighted by atomic mass is 9.76. The minimum Gasteiger partial charge on any atom is -0.481 e. The van der Waals surface area contributed by atoms with Crippen molar-refractivity contribution in [3.8, 4) is 0 Å². The normalized spacial score (nSPS) is 24.2. The van der Waals surface area contributed by atoms with Crippen LogP contribution in [0.4, 0.5) is 4.39 Å². The second-order valence-electron chi connectivity index (χ2n) is 13.5. The van der Waals surface area contributed by atoms with Crippen molar-refractivity contribution >= 4 is 46.6 Å². The fraction of sp³-hybridized carbons (Fsp3) is 0.571. The number of allylic oxidation sites excluding steroid dienone is 1. The molecule has 9 nitrogen and oxygen atoms in total. The first-order chi connectivity index (χ1) is 22.5. The Balaban J connectivity index is 1.48. The molecule has 1 aromatic carbocycles. The molecule has 0 radical (unpaired) electrons. The van der Waals surface area contributed by atoms with Crippen LogP contribution in [-0.4, -0.2) is 57.9 Å². The second-order valence-corrected chi connectivity index (χ2v) is 14.8. The van der Waals surface area contributed by atoms with Crippen molar-refractivity contribution < 1.29 is 28.6 Å². The van der Waals surface area contributed by atoms with E-state index >= 15 is 0 Å². The van der Waals surface area contributed by atoms with E-state index in [-0.39, 0.29) is 35.4 Å². The summed E-state index contributed by atoms with van der Waals surface area (Å²) >= 11 is 7.89. The Labute approximate surface area is 284 Å². The number of ether oxygens (including phenoxy) is 1. The number of amidine groups is 1. The highest BCUT2D eigenvalue weighted by atomic mass is 35.5. The highest BCUT2D eigenvalue weighted by Crippen LogP contribution is 2.41. The number of aliphatic imine (C=N–C) groups is 1. The Hall–Kier alpha value is -3.31. The summed E-state index contributed by atoms with van der Waals surface area (Å²) in [5, 5.41) is 15.5. The third-order valence-electron chi connectivity index (χ3n) is 9.71. The van der Waals surface area contributed by atoms with E-state index in [1.165, 1.54) is 17.4 Å². The van der Waals surface area contributed by atoms with Crippen molar-refractivity contribution in [1.29, 1.82) is 0 Å². The van der Waals surface area contributed by atoms with Gasteiger partial charge in [-0.3, -0.25) is 14.6 Å². The number of carbonyl (C=O) groups is 3. The number of carboxylic acids is 1. The SMILES string of the molecule is CCOC(=O)C1=C(CC2CCCCN3C(=O)CCC(CC(C)(C)C(=O)O)CC[C@@H]3C2)NC(c2nccs2)=N[C@H]1c1cccc(F)c1Cl. The predicted octanol–water partition coefficient (Wildman–Crippen LogP) is 7.31. The number of halogens is 2. The summed E-state index contributed by atoms with van der Waals surface area (Å²) in [4.78, 5) is 50.4. The van der Waals surface area contributed by atoms with Crippen molar-refractivity contribution in [2.24, 2.45) is 22.2 Å². The van der Waals surface area contributed by atoms with Gasteiger partial charge in [0.1, 0.15) is 11.9 Å². The number of carboxylic acid groups (broad SMARTS) is 1. The highest BCUT2D eigenvalue weighted by molar-refractivity contribution is 7.11. The van der Waals surface area contributed by atoms with Gasteiger partial charge in [0, 0.05) is 41.8 Å². The van der Waals surface area contributed by atoms with E-state index in [0.717, 1.165) is 45.1 Å². The Morgan fingerprint density at radius 1 is 1.19 bits per heavy atom. The molecule has 0 spiro atoms. The first kappa shape index (κ1) is 35.0. The van der Waals surface area contributed by atoms with Crippen LogP contribution in [0, 0.1) is 23.1 Å². The van der Waals surface area contributed by atoms with E-state index in [0.29, 0.717) is 53.4 Å². The van der Waals surface area contributed by atoms with Gasteiger partial charge < -0.3 is 20.1 Å². The lowest BCUT2D eigenvalue weighted by molar-refractivity contribution is -0.148. The molecule has 12 heteroatoms. The number of esters is 1. The number of hydrogen-bond donors (Lipinski definition) is 2. The van der Waals surface area contributed by atoms with E-state index < -0.39 is 29.2 Å². The third-order valence-corrected chi connectivity index (χ3v) is 10.9. The van der Waals surface area contributed by atoms with Gasteiger partial charge in [-0.1, -0.05) is 30.2 Å². The van der Waals surface area contributed by atoms with Crippen LogP contribution < -0.4 is 5.32 Å². The number of aliphatic carboxylic acids is 1. The fourth-order valence-corrected chi connectivity index (χ4v) is 8.09. The number of thiazole rings is 1. The largest absolute Gasteiger partial charge is 0.481 e. The summed E-state index contributed by atoms with van der Waals surface area (Å²) in [7, 11) is 0. The zero-order valence-corrected chi connectivity index (χ0v) is 28.8. The van der Waals surface area contributed by atoms with Crippen LogP contribution >= 0.6 is 22.9 Å². The number of fused-ring (bicyclic) bond motifs is 1. The van der Waals surface area contributed by atoms with E-state index in [4.69, 9.17) is 21.3 Å². The molecule has 1 aromatic heterocycles. The number of nitrogens with one attached hydrogen (secondary N) is 1. The van der Waals surface area contributed by atoms with Gasteiger partial charge in [0.25, 0.3) is 0 Å². The molecule has 2 saturated heterocycles. The van der Waals surface area contributed by atoms with Crippen LogP contribution in [0.1, 0.15) is 102 Å². The number of aromatic nitrogens is 1. The molecule has 254 valence electrons. The molecule has 4 heterocycles. The summed E-state index contributed by atoms with van der Waals surface area (Å²) < 4.78 is 20.3. The van der Waals surface area contributed by atoms with Crippen LogP contribution in [-0.2, 0) is 19.1 Å². The molecule has 4 atom stereocenters. The maximum Gasteiger partial charge on any atom is 0.338 e. The maximum absolute atomic E-state index is 14.7. The summed E-state index contributed by atoms with van der Waals surface area (Å²) in [6, 6.07) is 3.62. The average Bonchev–Trinajstić information content (AvgIpc) is 3.56. The molecule has 2 fully saturated rings. The van der Waals surface area contributed by atoms with Gasteiger partial charge in [-0.15, -0.1) is 11.3 Å². The molecule has 0 bridgehead atoms. The maximum atomic E-state index is 14.7. The van der Waals surface area contributed by atoms with Crippen LogP contribution in [0.15, 0.2) is 46.0 Å². The van der Waals surface area contributed by atoms with Gasteiger partial charge in [-0.25, -0.2) is 14.2 Å². The molecule has 5 rings (SSSR count). The first-order valence-electron chi connectivity index (χ1n) is 16.6. The Morgan fingerprint density at radius 3 is 2.72 bits per heavy atom. The number of nitrogens with zero attached hydrogens (tertiary/aromatic N) is 3. The number of carbonyl (C=O) groups excluding carboxylic acids is 2. The lowest BCUT2D eigenvalue weighted by Crippen LogP contribution is -2.45. The van der Waals surface area contributed by atoms with E-state index in [1.54, 1.807) is 39.1 Å². The van der Waals surface area contributed by atoms with Gasteiger partial charge in [-0.2, -0.15) is 0 Å². The van der Waals surface area contributed by atoms with Crippen molar-refractivity contribution in [3.05, 3.63) is 62.5 Å². The van der Waals surface area contributed by atoms with E-state index in [1.807, 2.05) is 5.38 Å². The summed E-state index contributed by atoms with van der Waals surface area (Å²) in [6.07, 6.45) is 8.96. The predicted molar refractivity (Wildman–Crippen MR) is 180 cm³/mol. The van der Waals surface area contributed by atoms with Gasteiger partial charge in [-0.05, 0) is 90.0 Å². The van der Waals surface area contributed by atoms with Gasteiger partial charge >= 0.3 is 11.9 Å². The molecule has 2 N–H and O–H groups in total. The molecule has 1 amide bonds. The molecule has 0 aliphatic carbocycles. The van der Waals surface area contributed by atoms with Gasteiger partial charge in [0.15, 0.2) is 10.8 Å². The van der Waals surface area contributed by atoms with Crippen LogP contribution in [0.2, 0.25) is 5.02 Å². The molecule has 2 unspecified atom stereocenters. The number of hydrogen-bond acceptors (Lipinski definition) is 8. The second kappa shape index (κ2) is 15.3. The Kier molecular flexibility index (Phi) is 11.4. The fourth-order valence-electron chi connectivity index (χ4n) is 7.27. The molecular weight excluding hydrogens is 643 g/mol. The van der Waals surface area contributed by atoms with Crippen molar-refractivity contribution in [2.45, 2.75) is 97.1 Å². The molecule has 2 aromatic rings. The van der Waals surface area contributed by atoms with Crippen molar-refractivity contribution in [1.82, 2.24) is 15.2 Å². The summed E-state index contributed by atoms with van der Waals surface area (Å²) in [5.41, 5.74) is 0.455. The average molecular weight is 687 g/mol. The van der Waals surface area contributed by atoms with Crippen molar-refractivity contribution in [3.63, 3.8) is 0 Å². The third kappa shape index (κ3) is 8.23. The van der Waals surface area contributed by atoms with Crippen LogP contribution in [0.5, 0.6) is 0 Å². The van der Waals surface area contributed by atoms with Crippen LogP contribution in [0.25, 0.3) is 0 Å². The topological polar surface area (TPSA) is 121 Å². The number of rotatable bonds is 9. The summed E-state index contributed by atoms with van der Waals surface area (Å²) in [6.45, 7) is 6.13. The Bertz CT molecular complexity index is 1530. The highest BCUT2D eigenvalue weighted by Gasteiger charge is 2.38. The van der Waals surface area contributed by atoms with Gasteiger partial charge in [0.05, 0.1) is 22.6 Å². The molecule has 0 saturated carbocycles. The van der Waals surface area contributed by atoms with E-state index in [9.17, 15) is 23.9 Å². The minimum absolute atomic E-state index is 0.0133. The zero-order chi connectivity index (χ0) is 33.7. The minimum atomic E-state index is -0.904. The number of amides is 1. The standard InChI is InChI=1S/C35H44ClFN4O5S/c1-4-46-33(43)28-26(39-31(32-38-15-17-47-32)40-30(28)24-9-7-10-25(37)29(24)36)19-22-8-5-6-16-41-23(18-22)13-11-21(12-14-27(41)42)20-35(2,3)34(44)45/h7,9-10,15,17,21-23,30H,4-6,8,11-14,16,18-20H2,1-3H3,(H,39,40)(H,44,45)/t21?,22?,23-,30+/m1/s1. The molecule has 47 heavy (non-hydrogen) atoms. The number of benzene rings is 1. The quantitative estimate of drug-likeness (QED) is 0.265. The molecule has 3 aliphatic heterocycles. The first-order valence-corrected chi connectivity index (χ1v) is 17.9. The molecular formula is C35H44ClFN4O5S. The monoisotopic (exact) mass is 686 g/mol. The lowest BCUT2D eigenvalue weighted by Gasteiger charge is -2.40. The summed E-state index contributed by atoms with van der Waals surface area (Å²) in [5.74, 6) is -1.07. The molecule has 3 aliphatic rings. The smallest absolute Gasteiger partial charge is 0.338 e. The van der Waals surface area contributed by atoms with Crippen molar-refractivity contribution in [2.75, 3.05) is 13.2 Å². The zero-order valence-electron chi connectivity index (χ0n) is 27.3.